The molecule has 9 heteroatoms. The van der Waals surface area contributed by atoms with Gasteiger partial charge in [0.25, 0.3) is 5.91 Å². The summed E-state index contributed by atoms with van der Waals surface area (Å²) in [4.78, 5) is 51.9. The average Bonchev–Trinajstić information content (AvgIpc) is 3.10. The molecule has 0 aliphatic carbocycles. The average molecular weight is 448 g/mol. The van der Waals surface area contributed by atoms with E-state index in [1.165, 1.54) is 6.92 Å². The number of aliphatic carboxylic acids is 1. The first-order chi connectivity index (χ1) is 14.4. The van der Waals surface area contributed by atoms with Crippen molar-refractivity contribution in [2.45, 2.75) is 69.3 Å². The molecule has 0 unspecified atom stereocenters. The standard InChI is InChI=1S/C22H29N3O5S/c1-11(2)10-15(17(26)23-12(3)21(29)30)24-18(27)16-22(4,5)31-20-14-9-7-6-8-13(14)19(28)25(16)20/h6-9,11-12,15-16,20H,10H2,1-5H3,(H,23,26)(H,24,27)(H,29,30)/t12-,15-,16-,20-/m0/s1. The Bertz CT molecular complexity index is 916. The second-order valence-corrected chi connectivity index (χ2v) is 10.8. The van der Waals surface area contributed by atoms with Gasteiger partial charge in [-0.3, -0.25) is 19.2 Å². The SMILES string of the molecule is CC(C)C[C@H](NC(=O)[C@@H]1N2C(=O)c3ccccc3[C@@H]2SC1(C)C)C(=O)N[C@@H](C)C(=O)O. The summed E-state index contributed by atoms with van der Waals surface area (Å²) in [6.45, 7) is 9.04. The van der Waals surface area contributed by atoms with Crippen molar-refractivity contribution in [1.29, 1.82) is 0 Å². The number of thioether (sulfide) groups is 1. The molecule has 4 atom stereocenters. The molecular weight excluding hydrogens is 418 g/mol. The predicted molar refractivity (Wildman–Crippen MR) is 117 cm³/mol. The minimum atomic E-state index is -1.15. The normalized spacial score (nSPS) is 23.2. The van der Waals surface area contributed by atoms with Crippen LogP contribution in [0.4, 0.5) is 0 Å². The summed E-state index contributed by atoms with van der Waals surface area (Å²) in [6.07, 6.45) is 0.349. The highest BCUT2D eigenvalue weighted by Crippen LogP contribution is 2.56. The number of nitrogens with one attached hydrogen (secondary N) is 2. The number of carboxylic acid groups (broad SMARTS) is 1. The number of nitrogens with zero attached hydrogens (tertiary/aromatic N) is 1. The number of carbonyl (C=O) groups excluding carboxylic acids is 3. The van der Waals surface area contributed by atoms with Crippen LogP contribution in [0.3, 0.4) is 0 Å². The van der Waals surface area contributed by atoms with Gasteiger partial charge in [0.2, 0.25) is 11.8 Å². The molecule has 3 rings (SSSR count). The van der Waals surface area contributed by atoms with Crippen LogP contribution in [0.5, 0.6) is 0 Å². The molecule has 0 bridgehead atoms. The van der Waals surface area contributed by atoms with E-state index in [0.29, 0.717) is 12.0 Å². The highest BCUT2D eigenvalue weighted by Gasteiger charge is 2.57. The van der Waals surface area contributed by atoms with Gasteiger partial charge in [0.1, 0.15) is 23.5 Å². The van der Waals surface area contributed by atoms with Gasteiger partial charge in [-0.25, -0.2) is 0 Å². The van der Waals surface area contributed by atoms with Crippen LogP contribution < -0.4 is 10.6 Å². The van der Waals surface area contributed by atoms with Crippen molar-refractivity contribution < 1.29 is 24.3 Å². The van der Waals surface area contributed by atoms with Crippen LogP contribution in [0.1, 0.15) is 62.3 Å². The predicted octanol–water partition coefficient (Wildman–Crippen LogP) is 2.16. The van der Waals surface area contributed by atoms with E-state index in [4.69, 9.17) is 5.11 Å². The molecular formula is C22H29N3O5S. The van der Waals surface area contributed by atoms with Crippen LogP contribution in [0.15, 0.2) is 24.3 Å². The fourth-order valence-corrected chi connectivity index (χ4v) is 5.72. The summed E-state index contributed by atoms with van der Waals surface area (Å²) in [5.41, 5.74) is 1.49. The van der Waals surface area contributed by atoms with Crippen LogP contribution in [-0.4, -0.2) is 56.6 Å². The third-order valence-corrected chi connectivity index (χ3v) is 7.15. The van der Waals surface area contributed by atoms with E-state index in [0.717, 1.165) is 5.56 Å². The fourth-order valence-electron chi connectivity index (χ4n) is 4.13. The fraction of sp³-hybridized carbons (Fsp3) is 0.545. The maximum Gasteiger partial charge on any atom is 0.325 e. The first kappa shape index (κ1) is 23.1. The zero-order valence-electron chi connectivity index (χ0n) is 18.3. The summed E-state index contributed by atoms with van der Waals surface area (Å²) in [5, 5.41) is 14.1. The molecule has 31 heavy (non-hydrogen) atoms. The smallest absolute Gasteiger partial charge is 0.325 e. The first-order valence-corrected chi connectivity index (χ1v) is 11.2. The minimum Gasteiger partial charge on any atom is -0.480 e. The number of hydrogen-bond acceptors (Lipinski definition) is 5. The highest BCUT2D eigenvalue weighted by atomic mass is 32.2. The molecule has 8 nitrogen and oxygen atoms in total. The Balaban J connectivity index is 1.83. The summed E-state index contributed by atoms with van der Waals surface area (Å²) in [6, 6.07) is 4.62. The Morgan fingerprint density at radius 3 is 2.42 bits per heavy atom. The van der Waals surface area contributed by atoms with Gasteiger partial charge in [-0.2, -0.15) is 0 Å². The lowest BCUT2D eigenvalue weighted by molar-refractivity contribution is -0.141. The van der Waals surface area contributed by atoms with E-state index in [-0.39, 0.29) is 17.2 Å². The van der Waals surface area contributed by atoms with Gasteiger partial charge in [-0.15, -0.1) is 11.8 Å². The second-order valence-electron chi connectivity index (χ2n) is 9.04. The van der Waals surface area contributed by atoms with Crippen molar-refractivity contribution in [2.24, 2.45) is 5.92 Å². The molecule has 0 radical (unpaired) electrons. The Morgan fingerprint density at radius 2 is 1.81 bits per heavy atom. The molecule has 168 valence electrons. The molecule has 2 aliphatic rings. The lowest BCUT2D eigenvalue weighted by Crippen LogP contribution is -2.58. The summed E-state index contributed by atoms with van der Waals surface area (Å²) in [7, 11) is 0. The number of benzene rings is 1. The molecule has 3 N–H and O–H groups in total. The largest absolute Gasteiger partial charge is 0.480 e. The zero-order chi connectivity index (χ0) is 23.1. The van der Waals surface area contributed by atoms with Crippen molar-refractivity contribution in [2.75, 3.05) is 0 Å². The van der Waals surface area contributed by atoms with Crippen molar-refractivity contribution in [1.82, 2.24) is 15.5 Å². The zero-order valence-corrected chi connectivity index (χ0v) is 19.2. The third-order valence-electron chi connectivity index (χ3n) is 5.61. The molecule has 1 aromatic rings. The van der Waals surface area contributed by atoms with E-state index in [1.54, 1.807) is 28.8 Å². The van der Waals surface area contributed by atoms with Crippen LogP contribution in [0.25, 0.3) is 0 Å². The van der Waals surface area contributed by atoms with Crippen LogP contribution in [-0.2, 0) is 14.4 Å². The second kappa shape index (κ2) is 8.53. The molecule has 1 fully saturated rings. The molecule has 0 spiro atoms. The summed E-state index contributed by atoms with van der Waals surface area (Å²) < 4.78 is -0.564. The Hall–Kier alpha value is -2.55. The van der Waals surface area contributed by atoms with Gasteiger partial charge in [-0.1, -0.05) is 32.0 Å². The Kier molecular flexibility index (Phi) is 6.36. The first-order valence-electron chi connectivity index (χ1n) is 10.4. The van der Waals surface area contributed by atoms with Crippen molar-refractivity contribution in [3.8, 4) is 0 Å². The van der Waals surface area contributed by atoms with Crippen molar-refractivity contribution in [3.05, 3.63) is 35.4 Å². The van der Waals surface area contributed by atoms with E-state index < -0.39 is 40.7 Å². The molecule has 0 aromatic heterocycles. The molecule has 3 amide bonds. The van der Waals surface area contributed by atoms with Gasteiger partial charge < -0.3 is 20.6 Å². The topological polar surface area (TPSA) is 116 Å². The van der Waals surface area contributed by atoms with Crippen LogP contribution in [0, 0.1) is 5.92 Å². The van der Waals surface area contributed by atoms with E-state index in [9.17, 15) is 19.2 Å². The number of amides is 3. The quantitative estimate of drug-likeness (QED) is 0.590. The lowest BCUT2D eigenvalue weighted by Gasteiger charge is -2.31. The monoisotopic (exact) mass is 447 g/mol. The Labute approximate surface area is 186 Å². The van der Waals surface area contributed by atoms with Gasteiger partial charge in [-0.05, 0) is 44.7 Å². The van der Waals surface area contributed by atoms with Crippen LogP contribution in [0.2, 0.25) is 0 Å². The van der Waals surface area contributed by atoms with Crippen molar-refractivity contribution >= 4 is 35.5 Å². The van der Waals surface area contributed by atoms with Gasteiger partial charge in [0.15, 0.2) is 0 Å². The number of hydrogen-bond donors (Lipinski definition) is 3. The van der Waals surface area contributed by atoms with E-state index in [2.05, 4.69) is 10.6 Å². The third kappa shape index (κ3) is 4.42. The molecule has 1 saturated heterocycles. The van der Waals surface area contributed by atoms with Gasteiger partial charge >= 0.3 is 5.97 Å². The minimum absolute atomic E-state index is 0.0903. The lowest BCUT2D eigenvalue weighted by atomic mass is 9.98. The molecule has 2 aliphatic heterocycles. The van der Waals surface area contributed by atoms with Gasteiger partial charge in [0.05, 0.1) is 0 Å². The maximum absolute atomic E-state index is 13.4. The number of carbonyl (C=O) groups is 4. The number of fused-ring (bicyclic) bond motifs is 3. The maximum atomic E-state index is 13.4. The number of carboxylic acids is 1. The Morgan fingerprint density at radius 1 is 1.16 bits per heavy atom. The van der Waals surface area contributed by atoms with Crippen LogP contribution >= 0.6 is 11.8 Å². The van der Waals surface area contributed by atoms with Gasteiger partial charge in [0, 0.05) is 10.3 Å². The summed E-state index contributed by atoms with van der Waals surface area (Å²) >= 11 is 1.55. The van der Waals surface area contributed by atoms with E-state index >= 15 is 0 Å². The number of rotatable bonds is 7. The summed E-state index contributed by atoms with van der Waals surface area (Å²) in [5.74, 6) is -2.21. The molecule has 2 heterocycles. The van der Waals surface area contributed by atoms with E-state index in [1.807, 2.05) is 39.8 Å². The molecule has 0 saturated carbocycles. The van der Waals surface area contributed by atoms with Crippen molar-refractivity contribution in [3.63, 3.8) is 0 Å². The highest BCUT2D eigenvalue weighted by molar-refractivity contribution is 8.01. The molecule has 1 aromatic carbocycles.